The molecule has 2 heterocycles. The van der Waals surface area contributed by atoms with Crippen LogP contribution in [0.1, 0.15) is 25.0 Å². The number of aryl methyl sites for hydroxylation is 1. The normalized spacial score (nSPS) is 21.7. The number of likely N-dealkylation sites (tertiary alicyclic amines) is 1. The van der Waals surface area contributed by atoms with E-state index >= 15 is 0 Å². The first kappa shape index (κ1) is 20.0. The van der Waals surface area contributed by atoms with Crippen LogP contribution in [0.3, 0.4) is 0 Å². The largest absolute Gasteiger partial charge is 0.356 e. The van der Waals surface area contributed by atoms with Crippen molar-refractivity contribution in [2.75, 3.05) is 33.7 Å². The average Bonchev–Trinajstić information content (AvgIpc) is 3.17. The van der Waals surface area contributed by atoms with E-state index in [9.17, 15) is 0 Å². The Kier molecular flexibility index (Phi) is 7.42. The van der Waals surface area contributed by atoms with Crippen molar-refractivity contribution >= 4 is 45.9 Å². The van der Waals surface area contributed by atoms with Crippen LogP contribution in [0.4, 0.5) is 0 Å². The van der Waals surface area contributed by atoms with E-state index in [1.807, 2.05) is 7.05 Å². The number of hydrogen-bond donors (Lipinski definition) is 1. The molecule has 0 bridgehead atoms. The lowest BCUT2D eigenvalue weighted by atomic mass is 10.1. The monoisotopic (exact) mass is 509 g/mol. The first-order chi connectivity index (χ1) is 11.1. The minimum Gasteiger partial charge on any atom is -0.356 e. The summed E-state index contributed by atoms with van der Waals surface area (Å²) in [5, 5.41) is 3.57. The van der Waals surface area contributed by atoms with E-state index in [1.54, 1.807) is 0 Å². The predicted octanol–water partition coefficient (Wildman–Crippen LogP) is 2.90. The molecule has 1 aromatic rings. The molecule has 24 heavy (non-hydrogen) atoms. The second-order valence-electron chi connectivity index (χ2n) is 6.93. The summed E-state index contributed by atoms with van der Waals surface area (Å²) in [7, 11) is 6.04. The van der Waals surface area contributed by atoms with E-state index in [0.717, 1.165) is 35.5 Å². The summed E-state index contributed by atoms with van der Waals surface area (Å²) in [5.74, 6) is 1.73. The van der Waals surface area contributed by atoms with E-state index in [0.29, 0.717) is 0 Å². The lowest BCUT2D eigenvalue weighted by Crippen LogP contribution is -2.41. The van der Waals surface area contributed by atoms with Gasteiger partial charge in [0.05, 0.1) is 6.54 Å². The fourth-order valence-corrected chi connectivity index (χ4v) is 4.03. The molecule has 1 saturated heterocycles. The summed E-state index contributed by atoms with van der Waals surface area (Å²) in [6.45, 7) is 4.41. The first-order valence-corrected chi connectivity index (χ1v) is 9.32. The van der Waals surface area contributed by atoms with Crippen LogP contribution in [0.15, 0.2) is 21.7 Å². The number of nitrogens with zero attached hydrogens (tertiary/aromatic N) is 4. The van der Waals surface area contributed by atoms with Gasteiger partial charge in [-0.3, -0.25) is 4.99 Å². The highest BCUT2D eigenvalue weighted by molar-refractivity contribution is 14.0. The molecule has 7 heteroatoms. The summed E-state index contributed by atoms with van der Waals surface area (Å²) >= 11 is 3.53. The zero-order chi connectivity index (χ0) is 16.4. The van der Waals surface area contributed by atoms with E-state index in [2.05, 4.69) is 67.0 Å². The molecule has 5 nitrogen and oxygen atoms in total. The molecular formula is C17H29BrIN5. The summed E-state index contributed by atoms with van der Waals surface area (Å²) in [6.07, 6.45) is 6.23. The zero-order valence-corrected chi connectivity index (χ0v) is 18.8. The van der Waals surface area contributed by atoms with Gasteiger partial charge in [-0.2, -0.15) is 0 Å². The molecule has 1 N–H and O–H groups in total. The van der Waals surface area contributed by atoms with Gasteiger partial charge in [-0.05, 0) is 53.7 Å². The maximum absolute atomic E-state index is 4.44. The van der Waals surface area contributed by atoms with E-state index in [-0.39, 0.29) is 24.0 Å². The highest BCUT2D eigenvalue weighted by Gasteiger charge is 2.34. The molecule has 1 aliphatic heterocycles. The fraction of sp³-hybridized carbons (Fsp3) is 0.706. The molecule has 1 aromatic heterocycles. The Morgan fingerprint density at radius 1 is 1.42 bits per heavy atom. The van der Waals surface area contributed by atoms with Crippen LogP contribution in [0.2, 0.25) is 0 Å². The first-order valence-electron chi connectivity index (χ1n) is 8.53. The maximum Gasteiger partial charge on any atom is 0.193 e. The molecule has 2 aliphatic rings. The average molecular weight is 510 g/mol. The Bertz CT molecular complexity index is 569. The van der Waals surface area contributed by atoms with Crippen molar-refractivity contribution < 1.29 is 0 Å². The van der Waals surface area contributed by atoms with Crippen molar-refractivity contribution in [2.45, 2.75) is 31.8 Å². The van der Waals surface area contributed by atoms with Crippen molar-refractivity contribution in [1.29, 1.82) is 0 Å². The maximum atomic E-state index is 4.44. The Morgan fingerprint density at radius 3 is 2.75 bits per heavy atom. The van der Waals surface area contributed by atoms with Crippen LogP contribution < -0.4 is 5.32 Å². The van der Waals surface area contributed by atoms with Crippen molar-refractivity contribution in [3.8, 4) is 0 Å². The van der Waals surface area contributed by atoms with Crippen molar-refractivity contribution in [3.63, 3.8) is 0 Å². The topological polar surface area (TPSA) is 35.8 Å². The Balaban J connectivity index is 0.00000208. The molecule has 3 rings (SSSR count). The van der Waals surface area contributed by atoms with Gasteiger partial charge in [0, 0.05) is 56.6 Å². The van der Waals surface area contributed by atoms with Gasteiger partial charge in [0.25, 0.3) is 0 Å². The van der Waals surface area contributed by atoms with Gasteiger partial charge in [-0.1, -0.05) is 0 Å². The molecule has 1 unspecified atom stereocenters. The number of aromatic nitrogens is 1. The minimum atomic E-state index is 0. The molecule has 0 radical (unpaired) electrons. The van der Waals surface area contributed by atoms with E-state index in [1.165, 1.54) is 38.0 Å². The van der Waals surface area contributed by atoms with Crippen LogP contribution >= 0.6 is 39.9 Å². The third-order valence-corrected chi connectivity index (χ3v) is 5.41. The summed E-state index contributed by atoms with van der Waals surface area (Å²) in [4.78, 5) is 9.30. The van der Waals surface area contributed by atoms with Gasteiger partial charge in [0.15, 0.2) is 5.96 Å². The quantitative estimate of drug-likeness (QED) is 0.376. The molecule has 136 valence electrons. The third kappa shape index (κ3) is 5.11. The lowest BCUT2D eigenvalue weighted by Gasteiger charge is -2.24. The predicted molar refractivity (Wildman–Crippen MR) is 114 cm³/mol. The smallest absolute Gasteiger partial charge is 0.193 e. The molecule has 2 fully saturated rings. The van der Waals surface area contributed by atoms with Crippen LogP contribution in [-0.4, -0.2) is 60.1 Å². The van der Waals surface area contributed by atoms with Crippen LogP contribution in [0.5, 0.6) is 0 Å². The lowest BCUT2D eigenvalue weighted by molar-refractivity contribution is 0.313. The number of aliphatic imine (C=N–C) groups is 1. The Morgan fingerprint density at radius 2 is 2.17 bits per heavy atom. The van der Waals surface area contributed by atoms with Gasteiger partial charge in [-0.15, -0.1) is 24.0 Å². The van der Waals surface area contributed by atoms with Gasteiger partial charge in [0.1, 0.15) is 0 Å². The van der Waals surface area contributed by atoms with Crippen LogP contribution in [0.25, 0.3) is 0 Å². The zero-order valence-electron chi connectivity index (χ0n) is 14.8. The second kappa shape index (κ2) is 8.89. The van der Waals surface area contributed by atoms with Gasteiger partial charge >= 0.3 is 0 Å². The molecule has 1 atom stereocenters. The highest BCUT2D eigenvalue weighted by Crippen LogP contribution is 2.31. The Hall–Kier alpha value is -0.280. The molecule has 0 amide bonds. The van der Waals surface area contributed by atoms with E-state index in [4.69, 9.17) is 0 Å². The molecule has 0 aromatic carbocycles. The molecular weight excluding hydrogens is 481 g/mol. The number of hydrogen-bond acceptors (Lipinski definition) is 2. The molecule has 0 spiro atoms. The number of guanidine groups is 1. The van der Waals surface area contributed by atoms with Crippen LogP contribution in [0, 0.1) is 5.92 Å². The van der Waals surface area contributed by atoms with E-state index < -0.39 is 0 Å². The van der Waals surface area contributed by atoms with Gasteiger partial charge in [-0.25, -0.2) is 0 Å². The molecule has 1 saturated carbocycles. The fourth-order valence-electron chi connectivity index (χ4n) is 3.46. The standard InChI is InChI=1S/C17H28BrN5.HI/c1-19-17(22(3)12-16-8-14(18)11-21(16)2)20-9-13-6-7-23(10-13)15-4-5-15;/h8,11,13,15H,4-7,9-10,12H2,1-3H3,(H,19,20);1H. The third-order valence-electron chi connectivity index (χ3n) is 4.98. The summed E-state index contributed by atoms with van der Waals surface area (Å²) < 4.78 is 3.27. The number of halogens is 2. The SMILES string of the molecule is CN=C(NCC1CCN(C2CC2)C1)N(C)Cc1cc(Br)cn1C.I. The Labute approximate surface area is 171 Å². The number of rotatable bonds is 5. The van der Waals surface area contributed by atoms with Crippen molar-refractivity contribution in [1.82, 2.24) is 19.7 Å². The highest BCUT2D eigenvalue weighted by atomic mass is 127. The summed E-state index contributed by atoms with van der Waals surface area (Å²) in [6, 6.07) is 3.06. The second-order valence-corrected chi connectivity index (χ2v) is 7.84. The van der Waals surface area contributed by atoms with Gasteiger partial charge in [0.2, 0.25) is 0 Å². The van der Waals surface area contributed by atoms with Crippen LogP contribution in [-0.2, 0) is 13.6 Å². The van der Waals surface area contributed by atoms with Crippen molar-refractivity contribution in [3.05, 3.63) is 22.4 Å². The van der Waals surface area contributed by atoms with Crippen molar-refractivity contribution in [2.24, 2.45) is 18.0 Å². The minimum absolute atomic E-state index is 0. The summed E-state index contributed by atoms with van der Waals surface area (Å²) in [5.41, 5.74) is 1.27. The number of nitrogens with one attached hydrogen (secondary N) is 1. The van der Waals surface area contributed by atoms with Gasteiger partial charge < -0.3 is 19.7 Å². The molecule has 1 aliphatic carbocycles.